The molecule has 3 heterocycles. The largest absolute Gasteiger partial charge is 0.444 e. The van der Waals surface area contributed by atoms with Crippen LogP contribution in [0.25, 0.3) is 11.0 Å². The lowest BCUT2D eigenvalue weighted by Crippen LogP contribution is -2.52. The van der Waals surface area contributed by atoms with Crippen molar-refractivity contribution in [2.24, 2.45) is 5.92 Å². The van der Waals surface area contributed by atoms with Gasteiger partial charge in [0.2, 0.25) is 0 Å². The van der Waals surface area contributed by atoms with Gasteiger partial charge in [-0.1, -0.05) is 19.6 Å². The van der Waals surface area contributed by atoms with E-state index in [1.807, 2.05) is 16.8 Å². The molecule has 0 bridgehead atoms. The quantitative estimate of drug-likeness (QED) is 0.166. The van der Waals surface area contributed by atoms with Crippen molar-refractivity contribution in [2.45, 2.75) is 96.9 Å². The molecule has 0 radical (unpaired) electrons. The van der Waals surface area contributed by atoms with Crippen molar-refractivity contribution in [3.63, 3.8) is 0 Å². The lowest BCUT2D eigenvalue weighted by atomic mass is 9.84. The van der Waals surface area contributed by atoms with Gasteiger partial charge < -0.3 is 28.7 Å². The van der Waals surface area contributed by atoms with Gasteiger partial charge in [0.1, 0.15) is 24.5 Å². The van der Waals surface area contributed by atoms with E-state index in [0.29, 0.717) is 18.9 Å². The summed E-state index contributed by atoms with van der Waals surface area (Å²) in [7, 11) is -1.22. The van der Waals surface area contributed by atoms with Crippen molar-refractivity contribution >= 4 is 36.8 Å². The first kappa shape index (κ1) is 33.6. The van der Waals surface area contributed by atoms with Gasteiger partial charge in [-0.2, -0.15) is 5.26 Å². The highest BCUT2D eigenvalue weighted by Gasteiger charge is 2.37. The zero-order chi connectivity index (χ0) is 32.2. The molecule has 1 saturated carbocycles. The number of pyridine rings is 1. The van der Waals surface area contributed by atoms with Gasteiger partial charge in [0.25, 0.3) is 12.3 Å². The maximum absolute atomic E-state index is 13.4. The molecule has 0 N–H and O–H groups in total. The molecule has 242 valence electrons. The van der Waals surface area contributed by atoms with Gasteiger partial charge in [-0.05, 0) is 64.5 Å². The SMILES string of the molecule is CC(C)(C)OC(=O)N(CC(F)F)C[C@H]1CC[C@H](N2CN(CC#N)C(=O)c3cnc4c(ccn4COCC[Si](C)(C)C)c32)CC1. The van der Waals surface area contributed by atoms with E-state index >= 15 is 0 Å². The van der Waals surface area contributed by atoms with E-state index < -0.39 is 32.7 Å². The van der Waals surface area contributed by atoms with Crippen molar-refractivity contribution in [3.8, 4) is 6.07 Å². The molecular weight excluding hydrogens is 586 g/mol. The maximum atomic E-state index is 13.4. The van der Waals surface area contributed by atoms with Crippen molar-refractivity contribution in [1.29, 1.82) is 5.26 Å². The number of nitrogens with zero attached hydrogens (tertiary/aromatic N) is 6. The normalized spacial score (nSPS) is 19.3. The molecule has 0 saturated heterocycles. The van der Waals surface area contributed by atoms with E-state index in [-0.39, 0.29) is 37.6 Å². The average Bonchev–Trinajstić information content (AvgIpc) is 3.34. The fourth-order valence-corrected chi connectivity index (χ4v) is 6.65. The number of amides is 2. The number of aromatic nitrogens is 2. The zero-order valence-electron chi connectivity index (χ0n) is 26.8. The maximum Gasteiger partial charge on any atom is 0.410 e. The lowest BCUT2D eigenvalue weighted by molar-refractivity contribution is 0.00498. The molecule has 4 rings (SSSR count). The Bertz CT molecular complexity index is 1360. The first-order valence-electron chi connectivity index (χ1n) is 15.4. The number of rotatable bonds is 11. The first-order valence-corrected chi connectivity index (χ1v) is 19.1. The minimum absolute atomic E-state index is 0.0351. The molecule has 44 heavy (non-hydrogen) atoms. The number of hydrogen-bond acceptors (Lipinski definition) is 7. The topological polar surface area (TPSA) is 104 Å². The molecule has 1 aliphatic heterocycles. The fourth-order valence-electron chi connectivity index (χ4n) is 5.90. The summed E-state index contributed by atoms with van der Waals surface area (Å²) in [5, 5.41) is 10.3. The highest BCUT2D eigenvalue weighted by atomic mass is 28.3. The Morgan fingerprint density at radius 2 is 1.93 bits per heavy atom. The monoisotopic (exact) mass is 632 g/mol. The van der Waals surface area contributed by atoms with Crippen LogP contribution < -0.4 is 4.90 Å². The minimum Gasteiger partial charge on any atom is -0.444 e. The number of ether oxygens (including phenoxy) is 2. The highest BCUT2D eigenvalue weighted by Crippen LogP contribution is 2.39. The van der Waals surface area contributed by atoms with E-state index in [1.165, 1.54) is 4.90 Å². The predicted octanol–water partition coefficient (Wildman–Crippen LogP) is 6.15. The van der Waals surface area contributed by atoms with Gasteiger partial charge in [0, 0.05) is 45.0 Å². The Labute approximate surface area is 259 Å². The van der Waals surface area contributed by atoms with Crippen molar-refractivity contribution in [3.05, 3.63) is 24.0 Å². The zero-order valence-corrected chi connectivity index (χ0v) is 27.8. The Balaban J connectivity index is 1.52. The number of hydrogen-bond donors (Lipinski definition) is 0. The van der Waals surface area contributed by atoms with Gasteiger partial charge in [-0.3, -0.25) is 4.79 Å². The number of anilines is 1. The lowest BCUT2D eigenvalue weighted by Gasteiger charge is -2.44. The number of carbonyl (C=O) groups excluding carboxylic acids is 2. The second-order valence-corrected chi connectivity index (χ2v) is 19.7. The summed E-state index contributed by atoms with van der Waals surface area (Å²) in [6.45, 7) is 12.9. The highest BCUT2D eigenvalue weighted by molar-refractivity contribution is 6.76. The summed E-state index contributed by atoms with van der Waals surface area (Å²) >= 11 is 0. The number of nitriles is 1. The van der Waals surface area contributed by atoms with Gasteiger partial charge in [0.05, 0.1) is 30.5 Å². The summed E-state index contributed by atoms with van der Waals surface area (Å²) in [4.78, 5) is 35.6. The summed E-state index contributed by atoms with van der Waals surface area (Å²) < 4.78 is 40.0. The van der Waals surface area contributed by atoms with Crippen LogP contribution in [0.15, 0.2) is 18.5 Å². The van der Waals surface area contributed by atoms with Crippen LogP contribution in [0.1, 0.15) is 56.8 Å². The molecule has 2 aromatic heterocycles. The number of carbonyl (C=O) groups is 2. The summed E-state index contributed by atoms with van der Waals surface area (Å²) in [5.74, 6) is -0.175. The smallest absolute Gasteiger partial charge is 0.410 e. The molecule has 13 heteroatoms. The van der Waals surface area contributed by atoms with Crippen molar-refractivity contribution in [2.75, 3.05) is 37.8 Å². The molecule has 0 unspecified atom stereocenters. The Kier molecular flexibility index (Phi) is 10.6. The predicted molar refractivity (Wildman–Crippen MR) is 167 cm³/mol. The molecule has 10 nitrogen and oxygen atoms in total. The molecule has 0 atom stereocenters. The summed E-state index contributed by atoms with van der Waals surface area (Å²) in [5.41, 5.74) is 1.23. The van der Waals surface area contributed by atoms with E-state index in [9.17, 15) is 23.6 Å². The molecule has 0 spiro atoms. The second-order valence-electron chi connectivity index (χ2n) is 14.1. The van der Waals surface area contributed by atoms with E-state index in [2.05, 4.69) is 35.6 Å². The Morgan fingerprint density at radius 1 is 1.23 bits per heavy atom. The van der Waals surface area contributed by atoms with E-state index in [0.717, 1.165) is 53.3 Å². The van der Waals surface area contributed by atoms with Crippen LogP contribution in [0.3, 0.4) is 0 Å². The van der Waals surface area contributed by atoms with Gasteiger partial charge in [-0.15, -0.1) is 0 Å². The van der Waals surface area contributed by atoms with E-state index in [1.54, 1.807) is 27.0 Å². The van der Waals surface area contributed by atoms with Gasteiger partial charge in [0.15, 0.2) is 0 Å². The molecule has 2 aromatic rings. The van der Waals surface area contributed by atoms with Crippen LogP contribution in [0.5, 0.6) is 0 Å². The Hall–Kier alpha value is -3.24. The van der Waals surface area contributed by atoms with E-state index in [4.69, 9.17) is 9.47 Å². The van der Waals surface area contributed by atoms with Crippen LogP contribution in [-0.2, 0) is 16.2 Å². The molecule has 0 aromatic carbocycles. The molecular formula is C31H46F2N6O4Si. The van der Waals surface area contributed by atoms with Crippen LogP contribution in [0.2, 0.25) is 25.7 Å². The second kappa shape index (κ2) is 13.8. The third kappa shape index (κ3) is 8.47. The van der Waals surface area contributed by atoms with Crippen molar-refractivity contribution in [1.82, 2.24) is 19.4 Å². The standard InChI is InChI=1S/C31H46F2N6O4Si/c1-31(2,3)43-30(41)38(19-26(32)33)18-22-7-9-23(10-8-22)39-20-36(14-12-34)29(40)25-17-35-28-24(27(25)39)11-13-37(28)21-42-15-16-44(4,5)6/h11,13,17,22-23,26H,7-10,14-16,18-21H2,1-6H3/t22-,23-. The van der Waals surface area contributed by atoms with Crippen LogP contribution in [0, 0.1) is 17.2 Å². The number of alkyl halides is 2. The number of halogens is 2. The molecule has 1 fully saturated rings. The fraction of sp³-hybridized carbons (Fsp3) is 0.677. The van der Waals surface area contributed by atoms with Crippen LogP contribution >= 0.6 is 0 Å². The van der Waals surface area contributed by atoms with Gasteiger partial charge >= 0.3 is 6.09 Å². The Morgan fingerprint density at radius 3 is 2.55 bits per heavy atom. The summed E-state index contributed by atoms with van der Waals surface area (Å²) in [6.07, 6.45) is 3.11. The summed E-state index contributed by atoms with van der Waals surface area (Å²) in [6, 6.07) is 5.20. The van der Waals surface area contributed by atoms with Gasteiger partial charge in [-0.25, -0.2) is 18.6 Å². The third-order valence-electron chi connectivity index (χ3n) is 8.12. The third-order valence-corrected chi connectivity index (χ3v) is 9.83. The molecule has 2 aliphatic rings. The molecule has 1 aliphatic carbocycles. The number of fused-ring (bicyclic) bond motifs is 3. The first-order chi connectivity index (χ1) is 20.7. The van der Waals surface area contributed by atoms with Crippen LogP contribution in [-0.4, -0.2) is 90.4 Å². The van der Waals surface area contributed by atoms with Crippen molar-refractivity contribution < 1.29 is 27.8 Å². The van der Waals surface area contributed by atoms with Crippen LogP contribution in [0.4, 0.5) is 19.3 Å². The average molecular weight is 633 g/mol. The molecule has 2 amide bonds. The minimum atomic E-state index is -2.65.